The number of fused-ring (bicyclic) bond motifs is 1. The van der Waals surface area contributed by atoms with Gasteiger partial charge < -0.3 is 13.9 Å². The molecule has 0 spiro atoms. The van der Waals surface area contributed by atoms with Crippen LogP contribution in [0.4, 0.5) is 0 Å². The first-order valence-electron chi connectivity index (χ1n) is 8.87. The fourth-order valence-electron chi connectivity index (χ4n) is 3.09. The van der Waals surface area contributed by atoms with Crippen LogP contribution in [-0.4, -0.2) is 17.0 Å². The Morgan fingerprint density at radius 2 is 1.43 bits per heavy atom. The molecule has 4 aromatic rings. The van der Waals surface area contributed by atoms with E-state index < -0.39 is 0 Å². The molecule has 0 saturated carbocycles. The van der Waals surface area contributed by atoms with E-state index >= 15 is 0 Å². The average Bonchev–Trinajstić information content (AvgIpc) is 3.42. The Morgan fingerprint density at radius 1 is 0.750 bits per heavy atom. The number of nitrogens with zero attached hydrogens (tertiary/aromatic N) is 2. The van der Waals surface area contributed by atoms with E-state index in [4.69, 9.17) is 13.9 Å². The van der Waals surface area contributed by atoms with Crippen LogP contribution >= 0.6 is 11.8 Å². The number of benzene rings is 3. The minimum absolute atomic E-state index is 0.0625. The number of hydrogen-bond donors (Lipinski definition) is 0. The maximum atomic E-state index is 5.95. The first kappa shape index (κ1) is 16.9. The number of aromatic nitrogens is 2. The van der Waals surface area contributed by atoms with Crippen molar-refractivity contribution in [3.05, 3.63) is 90.0 Å². The van der Waals surface area contributed by atoms with Crippen molar-refractivity contribution in [2.45, 2.75) is 10.5 Å². The van der Waals surface area contributed by atoms with E-state index in [9.17, 15) is 0 Å². The van der Waals surface area contributed by atoms with E-state index in [1.54, 1.807) is 0 Å². The zero-order valence-electron chi connectivity index (χ0n) is 14.8. The lowest BCUT2D eigenvalue weighted by Gasteiger charge is -2.15. The molecule has 1 aliphatic heterocycles. The minimum atomic E-state index is 0.0625. The third kappa shape index (κ3) is 3.34. The molecular weight excluding hydrogens is 372 g/mol. The molecule has 1 aliphatic rings. The van der Waals surface area contributed by atoms with Crippen molar-refractivity contribution in [1.29, 1.82) is 0 Å². The molecule has 3 aromatic carbocycles. The van der Waals surface area contributed by atoms with Gasteiger partial charge in [0, 0.05) is 5.56 Å². The summed E-state index contributed by atoms with van der Waals surface area (Å²) in [4.78, 5) is 0. The summed E-state index contributed by atoms with van der Waals surface area (Å²) in [6.45, 7) is 0.236. The zero-order chi connectivity index (χ0) is 18.8. The summed E-state index contributed by atoms with van der Waals surface area (Å²) in [5.74, 6) is 1.88. The third-order valence-electron chi connectivity index (χ3n) is 4.45. The maximum Gasteiger partial charge on any atom is 0.277 e. The lowest BCUT2D eigenvalue weighted by Crippen LogP contribution is -1.96. The van der Waals surface area contributed by atoms with Crippen LogP contribution in [0.25, 0.3) is 11.5 Å². The molecule has 5 rings (SSSR count). The Bertz CT molecular complexity index is 1040. The zero-order valence-corrected chi connectivity index (χ0v) is 15.6. The highest BCUT2D eigenvalue weighted by atomic mass is 32.2. The highest BCUT2D eigenvalue weighted by Crippen LogP contribution is 2.41. The van der Waals surface area contributed by atoms with Crippen molar-refractivity contribution in [3.8, 4) is 23.0 Å². The number of thioether (sulfide) groups is 1. The Hall–Kier alpha value is -3.25. The Labute approximate surface area is 166 Å². The molecule has 0 amide bonds. The summed E-state index contributed by atoms with van der Waals surface area (Å²) in [6, 6.07) is 26.2. The molecule has 5 nitrogen and oxygen atoms in total. The molecule has 138 valence electrons. The number of ether oxygens (including phenoxy) is 2. The Balaban J connectivity index is 1.44. The predicted molar refractivity (Wildman–Crippen MR) is 106 cm³/mol. The third-order valence-corrected chi connectivity index (χ3v) is 5.60. The van der Waals surface area contributed by atoms with Crippen molar-refractivity contribution in [2.24, 2.45) is 0 Å². The molecule has 0 fully saturated rings. The molecule has 0 atom stereocenters. The van der Waals surface area contributed by atoms with Crippen molar-refractivity contribution in [3.63, 3.8) is 0 Å². The smallest absolute Gasteiger partial charge is 0.277 e. The normalized spacial score (nSPS) is 12.5. The highest BCUT2D eigenvalue weighted by Gasteiger charge is 2.21. The minimum Gasteiger partial charge on any atom is -0.454 e. The van der Waals surface area contributed by atoms with Crippen LogP contribution in [0.1, 0.15) is 16.4 Å². The largest absolute Gasteiger partial charge is 0.454 e. The fraction of sp³-hybridized carbons (Fsp3) is 0.0909. The molecule has 0 unspecified atom stereocenters. The highest BCUT2D eigenvalue weighted by molar-refractivity contribution is 7.99. The molecule has 0 bridgehead atoms. The Morgan fingerprint density at radius 3 is 2.14 bits per heavy atom. The molecule has 0 aliphatic carbocycles. The van der Waals surface area contributed by atoms with Gasteiger partial charge in [-0.25, -0.2) is 0 Å². The van der Waals surface area contributed by atoms with Crippen LogP contribution in [0.3, 0.4) is 0 Å². The first-order valence-corrected chi connectivity index (χ1v) is 9.75. The Kier molecular flexibility index (Phi) is 4.47. The lowest BCUT2D eigenvalue weighted by atomic mass is 10.0. The van der Waals surface area contributed by atoms with Gasteiger partial charge in [0.1, 0.15) is 0 Å². The van der Waals surface area contributed by atoms with Crippen molar-refractivity contribution in [1.82, 2.24) is 10.2 Å². The average molecular weight is 388 g/mol. The van der Waals surface area contributed by atoms with Gasteiger partial charge in [0.15, 0.2) is 11.5 Å². The van der Waals surface area contributed by atoms with Gasteiger partial charge in [-0.2, -0.15) is 0 Å². The second kappa shape index (κ2) is 7.40. The summed E-state index contributed by atoms with van der Waals surface area (Å²) in [5.41, 5.74) is 3.17. The van der Waals surface area contributed by atoms with E-state index in [1.807, 2.05) is 54.6 Å². The molecule has 2 heterocycles. The second-order valence-electron chi connectivity index (χ2n) is 6.26. The van der Waals surface area contributed by atoms with Crippen LogP contribution in [0, 0.1) is 0 Å². The van der Waals surface area contributed by atoms with Crippen molar-refractivity contribution in [2.75, 3.05) is 6.79 Å². The van der Waals surface area contributed by atoms with Gasteiger partial charge in [-0.1, -0.05) is 72.4 Å². The quantitative estimate of drug-likeness (QED) is 0.430. The van der Waals surface area contributed by atoms with E-state index in [0.29, 0.717) is 16.9 Å². The molecule has 28 heavy (non-hydrogen) atoms. The summed E-state index contributed by atoms with van der Waals surface area (Å²) in [6.07, 6.45) is 0. The summed E-state index contributed by atoms with van der Waals surface area (Å²) in [7, 11) is 0. The second-order valence-corrected chi connectivity index (χ2v) is 7.32. The standard InChI is InChI=1S/C22H16N2O3S/c1-3-7-15(8-4-1)20(16-9-5-2-6-10-16)28-22-24-23-21(27-22)17-11-12-18-19(13-17)26-14-25-18/h1-13,20H,14H2. The van der Waals surface area contributed by atoms with Crippen LogP contribution in [-0.2, 0) is 0 Å². The van der Waals surface area contributed by atoms with Crippen LogP contribution in [0.2, 0.25) is 0 Å². The topological polar surface area (TPSA) is 57.4 Å². The number of rotatable bonds is 5. The first-order chi connectivity index (χ1) is 13.9. The van der Waals surface area contributed by atoms with Gasteiger partial charge in [-0.05, 0) is 29.3 Å². The van der Waals surface area contributed by atoms with E-state index in [-0.39, 0.29) is 12.0 Å². The van der Waals surface area contributed by atoms with Crippen molar-refractivity contribution >= 4 is 11.8 Å². The van der Waals surface area contributed by atoms with Gasteiger partial charge in [-0.3, -0.25) is 0 Å². The summed E-state index contributed by atoms with van der Waals surface area (Å²) >= 11 is 1.54. The van der Waals surface area contributed by atoms with Gasteiger partial charge in [-0.15, -0.1) is 10.2 Å². The van der Waals surface area contributed by atoms with Gasteiger partial charge in [0.25, 0.3) is 5.22 Å². The maximum absolute atomic E-state index is 5.95. The van der Waals surface area contributed by atoms with Gasteiger partial charge in [0.05, 0.1) is 5.25 Å². The van der Waals surface area contributed by atoms with Crippen molar-refractivity contribution < 1.29 is 13.9 Å². The monoisotopic (exact) mass is 388 g/mol. The lowest BCUT2D eigenvalue weighted by molar-refractivity contribution is 0.174. The SMILES string of the molecule is c1ccc(C(Sc2nnc(-c3ccc4c(c3)OCO4)o2)c2ccccc2)cc1. The van der Waals surface area contributed by atoms with E-state index in [2.05, 4.69) is 34.5 Å². The fourth-order valence-corrected chi connectivity index (χ4v) is 4.09. The van der Waals surface area contributed by atoms with E-state index in [0.717, 1.165) is 11.3 Å². The van der Waals surface area contributed by atoms with Gasteiger partial charge in [0.2, 0.25) is 12.7 Å². The van der Waals surface area contributed by atoms with Crippen LogP contribution in [0.5, 0.6) is 11.5 Å². The van der Waals surface area contributed by atoms with E-state index in [1.165, 1.54) is 22.9 Å². The predicted octanol–water partition coefficient (Wildman–Crippen LogP) is 5.35. The summed E-state index contributed by atoms with van der Waals surface area (Å²) in [5, 5.41) is 9.05. The van der Waals surface area contributed by atoms with Crippen LogP contribution in [0.15, 0.2) is 88.5 Å². The summed E-state index contributed by atoms with van der Waals surface area (Å²) < 4.78 is 16.7. The molecular formula is C22H16N2O3S. The molecule has 0 radical (unpaired) electrons. The molecule has 0 saturated heterocycles. The molecule has 6 heteroatoms. The van der Waals surface area contributed by atoms with Gasteiger partial charge >= 0.3 is 0 Å². The molecule has 0 N–H and O–H groups in total. The van der Waals surface area contributed by atoms with Crippen LogP contribution < -0.4 is 9.47 Å². The number of hydrogen-bond acceptors (Lipinski definition) is 6. The molecule has 1 aromatic heterocycles.